The van der Waals surface area contributed by atoms with Crippen LogP contribution in [0.2, 0.25) is 0 Å². The Labute approximate surface area is 90.4 Å². The van der Waals surface area contributed by atoms with Crippen molar-refractivity contribution in [3.05, 3.63) is 0 Å². The van der Waals surface area contributed by atoms with Crippen LogP contribution < -0.4 is 5.73 Å². The van der Waals surface area contributed by atoms with E-state index in [0.29, 0.717) is 5.25 Å². The van der Waals surface area contributed by atoms with Crippen LogP contribution in [0.1, 0.15) is 26.2 Å². The first-order valence-corrected chi connectivity index (χ1v) is 6.51. The summed E-state index contributed by atoms with van der Waals surface area (Å²) in [6, 6.07) is -0.242. The minimum atomic E-state index is -0.242. The molecule has 0 radical (unpaired) electrons. The number of amides is 1. The predicted octanol–water partition coefficient (Wildman–Crippen LogP) is 1.08. The van der Waals surface area contributed by atoms with Crippen molar-refractivity contribution < 1.29 is 4.79 Å². The maximum atomic E-state index is 11.6. The summed E-state index contributed by atoms with van der Waals surface area (Å²) in [4.78, 5) is 13.5. The summed E-state index contributed by atoms with van der Waals surface area (Å²) >= 11 is 1.85. The molecule has 3 nitrogen and oxygen atoms in total. The Balaban J connectivity index is 2.32. The fraction of sp³-hybridized carbons (Fsp3) is 0.900. The first kappa shape index (κ1) is 11.9. The van der Waals surface area contributed by atoms with Gasteiger partial charge in [0.1, 0.15) is 0 Å². The molecule has 0 aliphatic carbocycles. The van der Waals surface area contributed by atoms with Crippen LogP contribution in [-0.2, 0) is 4.79 Å². The third-order valence-electron chi connectivity index (χ3n) is 2.78. The summed E-state index contributed by atoms with van der Waals surface area (Å²) in [5, 5.41) is 0.626. The molecule has 0 aromatic heterocycles. The highest BCUT2D eigenvalue weighted by atomic mass is 32.2. The Hall–Kier alpha value is -0.220. The standard InChI is InChI=1S/C10H20N2OS/c1-8(14-2)5-7-12-6-3-4-9(11)10(12)13/h8-9H,3-7,11H2,1-2H3. The molecule has 2 unspecified atom stereocenters. The molecule has 0 aromatic carbocycles. The van der Waals surface area contributed by atoms with Crippen molar-refractivity contribution in [2.24, 2.45) is 5.73 Å². The lowest BCUT2D eigenvalue weighted by Crippen LogP contribution is -2.48. The van der Waals surface area contributed by atoms with Crippen molar-refractivity contribution in [2.45, 2.75) is 37.5 Å². The number of rotatable bonds is 4. The van der Waals surface area contributed by atoms with Gasteiger partial charge < -0.3 is 10.6 Å². The van der Waals surface area contributed by atoms with Gasteiger partial charge in [0.2, 0.25) is 5.91 Å². The fourth-order valence-corrected chi connectivity index (χ4v) is 1.99. The molecule has 0 aromatic rings. The SMILES string of the molecule is CSC(C)CCN1CCCC(N)C1=O. The average molecular weight is 216 g/mol. The van der Waals surface area contributed by atoms with Crippen LogP contribution in [0.5, 0.6) is 0 Å². The monoisotopic (exact) mass is 216 g/mol. The highest BCUT2D eigenvalue weighted by Gasteiger charge is 2.25. The molecule has 0 bridgehead atoms. The van der Waals surface area contributed by atoms with Crippen LogP contribution in [0.15, 0.2) is 0 Å². The maximum Gasteiger partial charge on any atom is 0.239 e. The summed E-state index contributed by atoms with van der Waals surface area (Å²) < 4.78 is 0. The van der Waals surface area contributed by atoms with E-state index in [9.17, 15) is 4.79 Å². The number of carbonyl (C=O) groups is 1. The van der Waals surface area contributed by atoms with Gasteiger partial charge in [-0.2, -0.15) is 11.8 Å². The Morgan fingerprint density at radius 1 is 1.71 bits per heavy atom. The number of piperidine rings is 1. The molecule has 1 saturated heterocycles. The molecular formula is C10H20N2OS. The third-order valence-corrected chi connectivity index (χ3v) is 3.82. The quantitative estimate of drug-likeness (QED) is 0.765. The van der Waals surface area contributed by atoms with Gasteiger partial charge in [0, 0.05) is 18.3 Å². The van der Waals surface area contributed by atoms with Gasteiger partial charge in [0.15, 0.2) is 0 Å². The topological polar surface area (TPSA) is 46.3 Å². The number of nitrogens with zero attached hydrogens (tertiary/aromatic N) is 1. The molecular weight excluding hydrogens is 196 g/mol. The zero-order chi connectivity index (χ0) is 10.6. The van der Waals surface area contributed by atoms with E-state index in [1.54, 1.807) is 0 Å². The van der Waals surface area contributed by atoms with Crippen LogP contribution in [0, 0.1) is 0 Å². The second-order valence-electron chi connectivity index (χ2n) is 3.91. The normalized spacial score (nSPS) is 25.2. The van der Waals surface area contributed by atoms with E-state index in [2.05, 4.69) is 13.2 Å². The molecule has 2 atom stereocenters. The van der Waals surface area contributed by atoms with Crippen LogP contribution in [0.4, 0.5) is 0 Å². The molecule has 1 amide bonds. The first-order chi connectivity index (χ1) is 6.65. The molecule has 1 heterocycles. The lowest BCUT2D eigenvalue weighted by molar-refractivity contribution is -0.134. The molecule has 1 rings (SSSR count). The molecule has 82 valence electrons. The Bertz CT molecular complexity index is 199. The number of hydrogen-bond acceptors (Lipinski definition) is 3. The van der Waals surface area contributed by atoms with Crippen molar-refractivity contribution in [2.75, 3.05) is 19.3 Å². The van der Waals surface area contributed by atoms with Crippen molar-refractivity contribution in [3.63, 3.8) is 0 Å². The smallest absolute Gasteiger partial charge is 0.239 e. The van der Waals surface area contributed by atoms with Crippen LogP contribution in [0.25, 0.3) is 0 Å². The van der Waals surface area contributed by atoms with E-state index in [4.69, 9.17) is 5.73 Å². The highest BCUT2D eigenvalue weighted by molar-refractivity contribution is 7.99. The Kier molecular flexibility index (Phi) is 4.75. The molecule has 0 saturated carbocycles. The summed E-state index contributed by atoms with van der Waals surface area (Å²) in [6.07, 6.45) is 5.09. The molecule has 1 fully saturated rings. The Morgan fingerprint density at radius 2 is 2.43 bits per heavy atom. The summed E-state index contributed by atoms with van der Waals surface area (Å²) in [7, 11) is 0. The highest BCUT2D eigenvalue weighted by Crippen LogP contribution is 2.14. The van der Waals surface area contributed by atoms with E-state index in [1.807, 2.05) is 16.7 Å². The molecule has 2 N–H and O–H groups in total. The lowest BCUT2D eigenvalue weighted by Gasteiger charge is -2.31. The van der Waals surface area contributed by atoms with E-state index in [-0.39, 0.29) is 11.9 Å². The van der Waals surface area contributed by atoms with Crippen molar-refractivity contribution in [1.82, 2.24) is 4.90 Å². The molecule has 0 spiro atoms. The summed E-state index contributed by atoms with van der Waals surface area (Å²) in [5.74, 6) is 0.143. The van der Waals surface area contributed by atoms with E-state index in [0.717, 1.165) is 32.4 Å². The van der Waals surface area contributed by atoms with E-state index < -0.39 is 0 Å². The van der Waals surface area contributed by atoms with Gasteiger partial charge in [-0.3, -0.25) is 4.79 Å². The lowest BCUT2D eigenvalue weighted by atomic mass is 10.1. The minimum absolute atomic E-state index is 0.143. The number of nitrogens with two attached hydrogens (primary N) is 1. The van der Waals surface area contributed by atoms with Crippen molar-refractivity contribution >= 4 is 17.7 Å². The van der Waals surface area contributed by atoms with E-state index in [1.165, 1.54) is 0 Å². The second kappa shape index (κ2) is 5.61. The fourth-order valence-electron chi connectivity index (χ4n) is 1.65. The predicted molar refractivity (Wildman–Crippen MR) is 61.4 cm³/mol. The van der Waals surface area contributed by atoms with E-state index >= 15 is 0 Å². The Morgan fingerprint density at radius 3 is 3.07 bits per heavy atom. The van der Waals surface area contributed by atoms with Crippen LogP contribution >= 0.6 is 11.8 Å². The number of thioether (sulfide) groups is 1. The minimum Gasteiger partial charge on any atom is -0.341 e. The zero-order valence-corrected chi connectivity index (χ0v) is 9.85. The molecule has 14 heavy (non-hydrogen) atoms. The summed E-state index contributed by atoms with van der Waals surface area (Å²) in [5.41, 5.74) is 5.71. The average Bonchev–Trinajstić information content (AvgIpc) is 2.20. The van der Waals surface area contributed by atoms with Crippen molar-refractivity contribution in [3.8, 4) is 0 Å². The van der Waals surface area contributed by atoms with Gasteiger partial charge in [-0.15, -0.1) is 0 Å². The van der Waals surface area contributed by atoms with Gasteiger partial charge in [-0.1, -0.05) is 6.92 Å². The van der Waals surface area contributed by atoms with Crippen LogP contribution in [0.3, 0.4) is 0 Å². The number of likely N-dealkylation sites (tertiary alicyclic amines) is 1. The van der Waals surface area contributed by atoms with Gasteiger partial charge in [0.25, 0.3) is 0 Å². The van der Waals surface area contributed by atoms with Gasteiger partial charge in [0.05, 0.1) is 6.04 Å². The van der Waals surface area contributed by atoms with Crippen molar-refractivity contribution in [1.29, 1.82) is 0 Å². The third kappa shape index (κ3) is 3.17. The summed E-state index contributed by atoms with van der Waals surface area (Å²) in [6.45, 7) is 3.96. The molecule has 1 aliphatic heterocycles. The zero-order valence-electron chi connectivity index (χ0n) is 9.03. The van der Waals surface area contributed by atoms with Crippen LogP contribution in [-0.4, -0.2) is 41.4 Å². The van der Waals surface area contributed by atoms with Gasteiger partial charge in [-0.25, -0.2) is 0 Å². The number of hydrogen-bond donors (Lipinski definition) is 1. The van der Waals surface area contributed by atoms with Gasteiger partial charge >= 0.3 is 0 Å². The maximum absolute atomic E-state index is 11.6. The van der Waals surface area contributed by atoms with Gasteiger partial charge in [-0.05, 0) is 25.5 Å². The first-order valence-electron chi connectivity index (χ1n) is 5.22. The second-order valence-corrected chi connectivity index (χ2v) is 5.19. The largest absolute Gasteiger partial charge is 0.341 e. The molecule has 1 aliphatic rings. The number of carbonyl (C=O) groups excluding carboxylic acids is 1. The molecule has 4 heteroatoms.